The van der Waals surface area contributed by atoms with E-state index in [4.69, 9.17) is 5.11 Å². The number of benzene rings is 1. The molecule has 7 nitrogen and oxygen atoms in total. The first-order valence-corrected chi connectivity index (χ1v) is 14.4. The monoisotopic (exact) mass is 532 g/mol. The van der Waals surface area contributed by atoms with Crippen molar-refractivity contribution < 1.29 is 15.3 Å². The number of aliphatic hydroxyl groups excluding tert-OH is 1. The summed E-state index contributed by atoms with van der Waals surface area (Å²) in [6.45, 7) is 7.33. The SMILES string of the molecule is C=C(Cc1cc2ccccc2[nH]1)C12CC#CC(NC(=NC)NCCCO)CC3(O)CCC(C3C1)C(C)(O)CC2. The molecule has 5 rings (SSSR count). The van der Waals surface area contributed by atoms with Gasteiger partial charge in [0.1, 0.15) is 0 Å². The topological polar surface area (TPSA) is 113 Å². The van der Waals surface area contributed by atoms with E-state index in [2.05, 4.69) is 63.3 Å². The normalized spacial score (nSPS) is 34.3. The number of guanidine groups is 1. The zero-order valence-electron chi connectivity index (χ0n) is 23.4. The number of aliphatic imine (C=N–C) groups is 1. The molecule has 2 saturated carbocycles. The van der Waals surface area contributed by atoms with Crippen LogP contribution in [0.3, 0.4) is 0 Å². The number of hydrogen-bond donors (Lipinski definition) is 6. The maximum absolute atomic E-state index is 12.2. The van der Waals surface area contributed by atoms with E-state index in [1.807, 2.05) is 13.0 Å². The lowest BCUT2D eigenvalue weighted by Crippen LogP contribution is -2.49. The van der Waals surface area contributed by atoms with Gasteiger partial charge in [0.2, 0.25) is 0 Å². The summed E-state index contributed by atoms with van der Waals surface area (Å²) in [5, 5.41) is 40.9. The van der Waals surface area contributed by atoms with Crippen LogP contribution >= 0.6 is 0 Å². The van der Waals surface area contributed by atoms with Gasteiger partial charge in [0.25, 0.3) is 0 Å². The van der Waals surface area contributed by atoms with Crippen molar-refractivity contribution in [3.05, 3.63) is 48.2 Å². The molecule has 2 aromatic rings. The van der Waals surface area contributed by atoms with Crippen LogP contribution in [0.15, 0.2) is 47.5 Å². The van der Waals surface area contributed by atoms with E-state index >= 15 is 0 Å². The predicted octanol–water partition coefficient (Wildman–Crippen LogP) is 3.66. The molecule has 7 heteroatoms. The van der Waals surface area contributed by atoms with Crippen LogP contribution in [0.1, 0.15) is 64.0 Å². The molecule has 0 amide bonds. The minimum absolute atomic E-state index is 0.0333. The molecule has 2 bridgehead atoms. The van der Waals surface area contributed by atoms with Crippen LogP contribution in [0.2, 0.25) is 0 Å². The first-order chi connectivity index (χ1) is 18.7. The summed E-state index contributed by atoms with van der Waals surface area (Å²) in [7, 11) is 1.72. The fraction of sp³-hybridized carbons (Fsp3) is 0.594. The summed E-state index contributed by atoms with van der Waals surface area (Å²) in [6.07, 6.45) is 6.20. The molecule has 0 radical (unpaired) electrons. The van der Waals surface area contributed by atoms with Gasteiger partial charge in [-0.05, 0) is 74.8 Å². The van der Waals surface area contributed by atoms with Crippen molar-refractivity contribution in [2.75, 3.05) is 20.2 Å². The molecule has 3 aliphatic rings. The second-order valence-electron chi connectivity index (χ2n) is 12.3. The van der Waals surface area contributed by atoms with Gasteiger partial charge < -0.3 is 30.9 Å². The molecule has 6 N–H and O–H groups in total. The van der Waals surface area contributed by atoms with E-state index in [0.717, 1.165) is 42.5 Å². The largest absolute Gasteiger partial charge is 0.396 e. The number of aromatic amines is 1. The summed E-state index contributed by atoms with van der Waals surface area (Å²) in [5.74, 6) is 7.54. The van der Waals surface area contributed by atoms with Crippen LogP contribution in [-0.4, -0.2) is 63.7 Å². The van der Waals surface area contributed by atoms with Gasteiger partial charge in [-0.1, -0.05) is 36.3 Å². The Labute approximate surface area is 232 Å². The molecule has 0 saturated heterocycles. The van der Waals surface area contributed by atoms with E-state index in [1.54, 1.807) is 7.05 Å². The molecule has 210 valence electrons. The van der Waals surface area contributed by atoms with Crippen LogP contribution in [0.25, 0.3) is 10.9 Å². The van der Waals surface area contributed by atoms with Crippen molar-refractivity contribution in [1.82, 2.24) is 15.6 Å². The highest BCUT2D eigenvalue weighted by molar-refractivity contribution is 5.80. The first kappa shape index (κ1) is 27.8. The van der Waals surface area contributed by atoms with Gasteiger partial charge in [0.05, 0.1) is 17.2 Å². The van der Waals surface area contributed by atoms with Gasteiger partial charge in [-0.25, -0.2) is 0 Å². The Hall–Kier alpha value is -2.79. The summed E-state index contributed by atoms with van der Waals surface area (Å²) in [6, 6.07) is 10.2. The second-order valence-corrected chi connectivity index (χ2v) is 12.3. The number of nitrogens with zero attached hydrogens (tertiary/aromatic N) is 1. The molecule has 1 aromatic carbocycles. The average molecular weight is 533 g/mol. The maximum atomic E-state index is 12.2. The molecule has 39 heavy (non-hydrogen) atoms. The Morgan fingerprint density at radius 2 is 2.00 bits per heavy atom. The quantitative estimate of drug-likeness (QED) is 0.107. The van der Waals surface area contributed by atoms with E-state index in [1.165, 1.54) is 5.39 Å². The minimum Gasteiger partial charge on any atom is -0.396 e. The van der Waals surface area contributed by atoms with Gasteiger partial charge in [-0.3, -0.25) is 4.99 Å². The molecular weight excluding hydrogens is 488 g/mol. The number of hydrogen-bond acceptors (Lipinski definition) is 4. The van der Waals surface area contributed by atoms with Gasteiger partial charge in [-0.15, -0.1) is 5.92 Å². The number of aromatic nitrogens is 1. The van der Waals surface area contributed by atoms with Crippen LogP contribution in [0.4, 0.5) is 0 Å². The summed E-state index contributed by atoms with van der Waals surface area (Å²) < 4.78 is 0. The summed E-state index contributed by atoms with van der Waals surface area (Å²) in [4.78, 5) is 7.89. The van der Waals surface area contributed by atoms with Crippen molar-refractivity contribution in [2.45, 2.75) is 82.0 Å². The highest BCUT2D eigenvalue weighted by Gasteiger charge is 2.58. The zero-order chi connectivity index (χ0) is 27.7. The third-order valence-electron chi connectivity index (χ3n) is 9.75. The molecule has 1 heterocycles. The van der Waals surface area contributed by atoms with Crippen LogP contribution in [0, 0.1) is 29.1 Å². The molecule has 2 fully saturated rings. The van der Waals surface area contributed by atoms with Crippen molar-refractivity contribution in [2.24, 2.45) is 22.2 Å². The molecule has 0 aliphatic heterocycles. The van der Waals surface area contributed by atoms with Gasteiger partial charge in [0.15, 0.2) is 5.96 Å². The number of rotatable bonds is 7. The summed E-state index contributed by atoms with van der Waals surface area (Å²) in [5.41, 5.74) is 1.32. The number of allylic oxidation sites excluding steroid dienone is 1. The minimum atomic E-state index is -0.938. The van der Waals surface area contributed by atoms with Gasteiger partial charge >= 0.3 is 0 Å². The third kappa shape index (κ3) is 5.61. The van der Waals surface area contributed by atoms with E-state index in [-0.39, 0.29) is 29.9 Å². The lowest BCUT2D eigenvalue weighted by Gasteiger charge is -2.41. The Bertz CT molecular complexity index is 1250. The van der Waals surface area contributed by atoms with Crippen LogP contribution < -0.4 is 10.6 Å². The fourth-order valence-corrected chi connectivity index (χ4v) is 7.43. The Kier molecular flexibility index (Phi) is 7.83. The fourth-order valence-electron chi connectivity index (χ4n) is 7.43. The van der Waals surface area contributed by atoms with Crippen molar-refractivity contribution in [3.63, 3.8) is 0 Å². The van der Waals surface area contributed by atoms with Crippen molar-refractivity contribution in [3.8, 4) is 11.8 Å². The highest BCUT2D eigenvalue weighted by Crippen LogP contribution is 2.59. The van der Waals surface area contributed by atoms with E-state index in [0.29, 0.717) is 44.6 Å². The molecule has 6 unspecified atom stereocenters. The number of para-hydroxylation sites is 1. The predicted molar refractivity (Wildman–Crippen MR) is 156 cm³/mol. The Morgan fingerprint density at radius 1 is 1.18 bits per heavy atom. The smallest absolute Gasteiger partial charge is 0.191 e. The summed E-state index contributed by atoms with van der Waals surface area (Å²) >= 11 is 0. The van der Waals surface area contributed by atoms with Gasteiger partial charge in [-0.2, -0.15) is 0 Å². The number of fused-ring (bicyclic) bond motifs is 2. The Balaban J connectivity index is 1.46. The number of H-pyrrole nitrogens is 1. The van der Waals surface area contributed by atoms with Crippen LogP contribution in [0.5, 0.6) is 0 Å². The first-order valence-electron chi connectivity index (χ1n) is 14.4. The maximum Gasteiger partial charge on any atom is 0.191 e. The van der Waals surface area contributed by atoms with Crippen molar-refractivity contribution in [1.29, 1.82) is 0 Å². The van der Waals surface area contributed by atoms with Gasteiger partial charge in [0, 0.05) is 56.1 Å². The zero-order valence-corrected chi connectivity index (χ0v) is 23.4. The number of aliphatic hydroxyl groups is 3. The lowest BCUT2D eigenvalue weighted by atomic mass is 9.66. The number of nitrogens with one attached hydrogen (secondary N) is 3. The molecule has 6 atom stereocenters. The van der Waals surface area contributed by atoms with E-state index in [9.17, 15) is 10.2 Å². The molecule has 3 aliphatic carbocycles. The van der Waals surface area contributed by atoms with Crippen molar-refractivity contribution >= 4 is 16.9 Å². The Morgan fingerprint density at radius 3 is 2.77 bits per heavy atom. The molecular formula is C32H44N4O3. The molecule has 0 spiro atoms. The van der Waals surface area contributed by atoms with E-state index < -0.39 is 11.2 Å². The highest BCUT2D eigenvalue weighted by atomic mass is 16.3. The average Bonchev–Trinajstić information content (AvgIpc) is 3.43. The lowest BCUT2D eigenvalue weighted by molar-refractivity contribution is -0.0677. The molecule has 1 aromatic heterocycles. The standard InChI is InChI=1S/C32H44N4O3/c1-22(18-25-19-23-8-4-5-10-28(23)35-25)31-12-6-9-24(36-29(33-3)34-16-7-17-37)20-32(39)13-11-26(27(32)21-31)30(2,38)14-15-31/h4-5,8,10,19,24,26-27,35,37-39H,1,7,11-18,20-21H2,2-3H3,(H2,33,34,36). The van der Waals surface area contributed by atoms with Crippen LogP contribution in [-0.2, 0) is 6.42 Å². The second kappa shape index (κ2) is 11.0. The third-order valence-corrected chi connectivity index (χ3v) is 9.75.